The molecule has 11 heavy (non-hydrogen) atoms. The molecule has 1 heteroatoms. The molecule has 0 aromatic carbocycles. The third kappa shape index (κ3) is 0.717. The third-order valence-corrected chi connectivity index (χ3v) is 4.63. The first-order valence-corrected chi connectivity index (χ1v) is 4.91. The van der Waals surface area contributed by atoms with Crippen LogP contribution in [0.5, 0.6) is 0 Å². The smallest absolute Gasteiger partial charge is 0.0291 e. The summed E-state index contributed by atoms with van der Waals surface area (Å²) >= 11 is 6.03. The van der Waals surface area contributed by atoms with Crippen molar-refractivity contribution in [1.82, 2.24) is 0 Å². The first-order valence-electron chi connectivity index (χ1n) is 4.38. The Labute approximate surface area is 73.6 Å². The molecule has 0 spiro atoms. The Hall–Kier alpha value is 0.0300. The minimum absolute atomic E-state index is 0.356. The van der Waals surface area contributed by atoms with Crippen LogP contribution in [0.3, 0.4) is 0 Å². The summed E-state index contributed by atoms with van der Waals surface area (Å²) in [6.45, 7) is 4.68. The second-order valence-electron chi connectivity index (χ2n) is 4.47. The van der Waals surface area contributed by atoms with E-state index in [-0.39, 0.29) is 0 Å². The van der Waals surface area contributed by atoms with Crippen LogP contribution in [0.25, 0.3) is 0 Å². The van der Waals surface area contributed by atoms with Crippen LogP contribution in [0.1, 0.15) is 26.7 Å². The highest BCUT2D eigenvalue weighted by molar-refractivity contribution is 6.18. The second-order valence-corrected chi connectivity index (χ2v) is 4.74. The fraction of sp³-hybridized carbons (Fsp3) is 0.800. The van der Waals surface area contributed by atoms with Gasteiger partial charge in [0, 0.05) is 5.88 Å². The summed E-state index contributed by atoms with van der Waals surface area (Å²) in [4.78, 5) is 0. The summed E-state index contributed by atoms with van der Waals surface area (Å²) in [6.07, 6.45) is 7.42. The lowest BCUT2D eigenvalue weighted by Gasteiger charge is -2.35. The largest absolute Gasteiger partial charge is 0.126 e. The second kappa shape index (κ2) is 2.04. The van der Waals surface area contributed by atoms with Crippen molar-refractivity contribution in [3.63, 3.8) is 0 Å². The van der Waals surface area contributed by atoms with E-state index in [0.717, 1.165) is 11.8 Å². The van der Waals surface area contributed by atoms with Gasteiger partial charge in [0.05, 0.1) is 0 Å². The van der Waals surface area contributed by atoms with Crippen LogP contribution in [0.4, 0.5) is 0 Å². The molecule has 1 fully saturated rings. The Bertz CT molecular complexity index is 209. The van der Waals surface area contributed by atoms with E-state index >= 15 is 0 Å². The van der Waals surface area contributed by atoms with Gasteiger partial charge in [-0.1, -0.05) is 26.0 Å². The summed E-state index contributed by atoms with van der Waals surface area (Å²) in [5.74, 6) is 1.56. The third-order valence-electron chi connectivity index (χ3n) is 4.07. The summed E-state index contributed by atoms with van der Waals surface area (Å²) < 4.78 is 0. The van der Waals surface area contributed by atoms with Gasteiger partial charge in [-0.3, -0.25) is 0 Å². The molecule has 2 rings (SSSR count). The molecule has 0 saturated heterocycles. The SMILES string of the molecule is CC12C=CC(CC1)C2(C)CCl. The van der Waals surface area contributed by atoms with Crippen molar-refractivity contribution in [2.24, 2.45) is 16.7 Å². The Balaban J connectivity index is 2.40. The number of alkyl halides is 1. The Morgan fingerprint density at radius 3 is 2.45 bits per heavy atom. The van der Waals surface area contributed by atoms with E-state index in [1.54, 1.807) is 0 Å². The average Bonchev–Trinajstić information content (AvgIpc) is 2.39. The molecule has 0 N–H and O–H groups in total. The van der Waals surface area contributed by atoms with Crippen LogP contribution < -0.4 is 0 Å². The van der Waals surface area contributed by atoms with Gasteiger partial charge < -0.3 is 0 Å². The summed E-state index contributed by atoms with van der Waals surface area (Å²) in [7, 11) is 0. The molecule has 0 radical (unpaired) electrons. The molecular formula is C10H15Cl. The van der Waals surface area contributed by atoms with Crippen LogP contribution in [-0.4, -0.2) is 5.88 Å². The lowest BCUT2D eigenvalue weighted by molar-refractivity contribution is 0.187. The van der Waals surface area contributed by atoms with Gasteiger partial charge in [0.25, 0.3) is 0 Å². The molecule has 0 nitrogen and oxygen atoms in total. The van der Waals surface area contributed by atoms with Gasteiger partial charge in [0.2, 0.25) is 0 Å². The van der Waals surface area contributed by atoms with Crippen molar-refractivity contribution < 1.29 is 0 Å². The van der Waals surface area contributed by atoms with Crippen LogP contribution in [0.2, 0.25) is 0 Å². The average molecular weight is 171 g/mol. The highest BCUT2D eigenvalue weighted by Gasteiger charge is 2.55. The van der Waals surface area contributed by atoms with Crippen LogP contribution >= 0.6 is 11.6 Å². The molecule has 2 bridgehead atoms. The van der Waals surface area contributed by atoms with E-state index < -0.39 is 0 Å². The Morgan fingerprint density at radius 1 is 1.55 bits per heavy atom. The van der Waals surface area contributed by atoms with Crippen molar-refractivity contribution in [2.75, 3.05) is 5.88 Å². The maximum atomic E-state index is 6.03. The van der Waals surface area contributed by atoms with Gasteiger partial charge in [-0.15, -0.1) is 11.6 Å². The molecule has 0 aliphatic heterocycles. The number of fused-ring (bicyclic) bond motifs is 2. The minimum Gasteiger partial charge on any atom is -0.126 e. The monoisotopic (exact) mass is 170 g/mol. The molecule has 3 unspecified atom stereocenters. The lowest BCUT2D eigenvalue weighted by atomic mass is 9.70. The van der Waals surface area contributed by atoms with E-state index in [1.165, 1.54) is 12.8 Å². The van der Waals surface area contributed by atoms with E-state index in [0.29, 0.717) is 10.8 Å². The predicted molar refractivity (Wildman–Crippen MR) is 48.8 cm³/mol. The number of halogens is 1. The molecule has 0 amide bonds. The van der Waals surface area contributed by atoms with Crippen molar-refractivity contribution in [1.29, 1.82) is 0 Å². The van der Waals surface area contributed by atoms with Crippen molar-refractivity contribution in [3.05, 3.63) is 12.2 Å². The summed E-state index contributed by atoms with van der Waals surface area (Å²) in [6, 6.07) is 0. The fourth-order valence-electron chi connectivity index (χ4n) is 2.65. The maximum absolute atomic E-state index is 6.03. The van der Waals surface area contributed by atoms with Gasteiger partial charge in [-0.25, -0.2) is 0 Å². The van der Waals surface area contributed by atoms with Crippen molar-refractivity contribution in [2.45, 2.75) is 26.7 Å². The first kappa shape index (κ1) is 7.67. The van der Waals surface area contributed by atoms with Gasteiger partial charge in [-0.2, -0.15) is 0 Å². The number of rotatable bonds is 1. The predicted octanol–water partition coefficient (Wildman–Crippen LogP) is 3.22. The van der Waals surface area contributed by atoms with Crippen molar-refractivity contribution >= 4 is 11.6 Å². The highest BCUT2D eigenvalue weighted by atomic mass is 35.5. The molecule has 0 heterocycles. The molecule has 0 aromatic rings. The zero-order valence-electron chi connectivity index (χ0n) is 7.23. The van der Waals surface area contributed by atoms with Crippen LogP contribution in [0, 0.1) is 16.7 Å². The maximum Gasteiger partial charge on any atom is 0.0291 e. The lowest BCUT2D eigenvalue weighted by Crippen LogP contribution is -2.32. The van der Waals surface area contributed by atoms with Gasteiger partial charge in [-0.05, 0) is 29.6 Å². The number of hydrogen-bond acceptors (Lipinski definition) is 0. The van der Waals surface area contributed by atoms with Gasteiger partial charge in [0.15, 0.2) is 0 Å². The topological polar surface area (TPSA) is 0 Å². The summed E-state index contributed by atoms with van der Waals surface area (Å²) in [5.41, 5.74) is 0.758. The van der Waals surface area contributed by atoms with Crippen LogP contribution in [0.15, 0.2) is 12.2 Å². The van der Waals surface area contributed by atoms with Crippen molar-refractivity contribution in [3.8, 4) is 0 Å². The molecule has 2 aliphatic rings. The molecule has 1 saturated carbocycles. The minimum atomic E-state index is 0.356. The van der Waals surface area contributed by atoms with Gasteiger partial charge >= 0.3 is 0 Å². The fourth-order valence-corrected chi connectivity index (χ4v) is 3.15. The molecule has 62 valence electrons. The van der Waals surface area contributed by atoms with Gasteiger partial charge in [0.1, 0.15) is 0 Å². The standard InChI is InChI=1S/C10H15Cl/c1-9-5-3-8(4-6-9)10(9,2)7-11/h3,5,8H,4,6-7H2,1-2H3. The molecular weight excluding hydrogens is 156 g/mol. The zero-order valence-corrected chi connectivity index (χ0v) is 7.99. The van der Waals surface area contributed by atoms with E-state index in [1.807, 2.05) is 0 Å². The summed E-state index contributed by atoms with van der Waals surface area (Å²) in [5, 5.41) is 0. The molecule has 2 aliphatic carbocycles. The number of hydrogen-bond donors (Lipinski definition) is 0. The number of allylic oxidation sites excluding steroid dienone is 2. The normalized spacial score (nSPS) is 53.9. The Morgan fingerprint density at radius 2 is 2.27 bits per heavy atom. The Kier molecular flexibility index (Phi) is 1.42. The quantitative estimate of drug-likeness (QED) is 0.419. The van der Waals surface area contributed by atoms with Crippen LogP contribution in [-0.2, 0) is 0 Å². The highest BCUT2D eigenvalue weighted by Crippen LogP contribution is 2.62. The molecule has 3 atom stereocenters. The van der Waals surface area contributed by atoms with E-state index in [9.17, 15) is 0 Å². The van der Waals surface area contributed by atoms with E-state index in [2.05, 4.69) is 26.0 Å². The zero-order chi connectivity index (χ0) is 8.11. The molecule has 0 aromatic heterocycles. The first-order chi connectivity index (χ1) is 5.12. The van der Waals surface area contributed by atoms with E-state index in [4.69, 9.17) is 11.6 Å².